The van der Waals surface area contributed by atoms with Gasteiger partial charge in [0.15, 0.2) is 24.6 Å². The molecule has 1 heterocycles. The third kappa shape index (κ3) is 45.1. The lowest BCUT2D eigenvalue weighted by molar-refractivity contribution is -0.301. The summed E-state index contributed by atoms with van der Waals surface area (Å²) in [6, 6.07) is 0. The Bertz CT molecular complexity index is 1920. The lowest BCUT2D eigenvalue weighted by Crippen LogP contribution is -2.61. The number of carboxylic acid groups (broad SMARTS) is 1. The van der Waals surface area contributed by atoms with E-state index in [-0.39, 0.29) is 25.9 Å². The molecule has 0 aromatic heterocycles. The number of esters is 3. The number of aliphatic hydroxyl groups is 2. The molecular weight excluding hydrogens is 1020 g/mol. The summed E-state index contributed by atoms with van der Waals surface area (Å²) in [4.78, 5) is 51.3. The number of allylic oxidation sites excluding steroid dienone is 22. The number of ether oxygens (including phenoxy) is 5. The van der Waals surface area contributed by atoms with Gasteiger partial charge in [-0.05, 0) is 135 Å². The van der Waals surface area contributed by atoms with Crippen LogP contribution in [0.2, 0.25) is 0 Å². The van der Waals surface area contributed by atoms with Crippen molar-refractivity contribution in [2.75, 3.05) is 13.2 Å². The SMILES string of the molecule is CC/C=C\C/C=C\C/C=C\C/C=C\C/C=C\CCCCCC(=O)OCC(COC1OC(C(=O)O)C(O)C(O)C1OC(=O)CCCCCC/C=C\C/C=C\C/C=C\C/C=C\CC)OC(=O)CCCCCCC/C=C\C/C=C\CCCCC. The average molecular weight is 1130 g/mol. The van der Waals surface area contributed by atoms with Crippen molar-refractivity contribution in [3.05, 3.63) is 134 Å². The van der Waals surface area contributed by atoms with Gasteiger partial charge in [0.05, 0.1) is 6.61 Å². The minimum Gasteiger partial charge on any atom is -0.479 e. The number of hydrogen-bond acceptors (Lipinski definition) is 11. The molecule has 0 spiro atoms. The Morgan fingerprint density at radius 3 is 1.20 bits per heavy atom. The fraction of sp³-hybridized carbons (Fsp3) is 0.623. The topological polar surface area (TPSA) is 175 Å². The molecule has 3 N–H and O–H groups in total. The third-order valence-corrected chi connectivity index (χ3v) is 13.2. The van der Waals surface area contributed by atoms with Crippen LogP contribution >= 0.6 is 0 Å². The largest absolute Gasteiger partial charge is 0.479 e. The van der Waals surface area contributed by atoms with Crippen LogP contribution in [0, 0.1) is 0 Å². The van der Waals surface area contributed by atoms with E-state index < -0.39 is 67.3 Å². The first-order valence-electron chi connectivity index (χ1n) is 31.2. The van der Waals surface area contributed by atoms with E-state index >= 15 is 0 Å². The maximum Gasteiger partial charge on any atom is 0.335 e. The number of carbonyl (C=O) groups is 4. The van der Waals surface area contributed by atoms with E-state index in [0.29, 0.717) is 19.3 Å². The van der Waals surface area contributed by atoms with E-state index in [2.05, 4.69) is 154 Å². The van der Waals surface area contributed by atoms with Crippen molar-refractivity contribution >= 4 is 23.9 Å². The molecule has 12 nitrogen and oxygen atoms in total. The number of carboxylic acids is 1. The predicted molar refractivity (Wildman–Crippen MR) is 330 cm³/mol. The van der Waals surface area contributed by atoms with Gasteiger partial charge in [-0.2, -0.15) is 0 Å². The van der Waals surface area contributed by atoms with Crippen molar-refractivity contribution in [1.82, 2.24) is 0 Å². The van der Waals surface area contributed by atoms with Crippen LogP contribution in [0.25, 0.3) is 0 Å². The summed E-state index contributed by atoms with van der Waals surface area (Å²) in [7, 11) is 0. The summed E-state index contributed by atoms with van der Waals surface area (Å²) < 4.78 is 28.4. The molecule has 0 radical (unpaired) electrons. The first kappa shape index (κ1) is 73.9. The van der Waals surface area contributed by atoms with Crippen molar-refractivity contribution in [2.24, 2.45) is 0 Å². The van der Waals surface area contributed by atoms with Gasteiger partial charge in [-0.3, -0.25) is 14.4 Å². The highest BCUT2D eigenvalue weighted by Gasteiger charge is 2.50. The fourth-order valence-corrected chi connectivity index (χ4v) is 8.47. The van der Waals surface area contributed by atoms with Crippen molar-refractivity contribution < 1.29 is 58.2 Å². The molecule has 1 aliphatic heterocycles. The molecule has 1 aliphatic rings. The number of hydrogen-bond donors (Lipinski definition) is 3. The molecule has 1 rings (SSSR count). The van der Waals surface area contributed by atoms with Crippen LogP contribution in [0.5, 0.6) is 0 Å². The fourth-order valence-electron chi connectivity index (χ4n) is 8.47. The first-order chi connectivity index (χ1) is 39.6. The molecule has 6 atom stereocenters. The van der Waals surface area contributed by atoms with Crippen LogP contribution in [0.1, 0.15) is 226 Å². The number of rotatable bonds is 51. The zero-order valence-electron chi connectivity index (χ0n) is 50.2. The monoisotopic (exact) mass is 1130 g/mol. The van der Waals surface area contributed by atoms with Crippen LogP contribution in [0.3, 0.4) is 0 Å². The van der Waals surface area contributed by atoms with Crippen LogP contribution in [-0.2, 0) is 42.9 Å². The van der Waals surface area contributed by atoms with Crippen molar-refractivity contribution in [1.29, 1.82) is 0 Å². The normalized spacial score (nSPS) is 18.7. The molecule has 6 unspecified atom stereocenters. The van der Waals surface area contributed by atoms with E-state index in [1.54, 1.807) is 0 Å². The molecule has 1 fully saturated rings. The number of aliphatic hydroxyl groups excluding tert-OH is 2. The van der Waals surface area contributed by atoms with Gasteiger partial charge in [-0.15, -0.1) is 0 Å². The summed E-state index contributed by atoms with van der Waals surface area (Å²) in [6.45, 7) is 5.68. The Morgan fingerprint density at radius 1 is 0.420 bits per heavy atom. The highest BCUT2D eigenvalue weighted by Crippen LogP contribution is 2.26. The van der Waals surface area contributed by atoms with E-state index in [1.165, 1.54) is 19.3 Å². The minimum absolute atomic E-state index is 0.0200. The quantitative estimate of drug-likeness (QED) is 0.0228. The smallest absolute Gasteiger partial charge is 0.335 e. The molecule has 0 aromatic rings. The first-order valence-corrected chi connectivity index (χ1v) is 31.2. The molecule has 1 saturated heterocycles. The van der Waals surface area contributed by atoms with Gasteiger partial charge in [0.1, 0.15) is 18.8 Å². The second-order valence-electron chi connectivity index (χ2n) is 20.6. The Labute approximate surface area is 490 Å². The van der Waals surface area contributed by atoms with Crippen LogP contribution in [0.15, 0.2) is 134 Å². The summed E-state index contributed by atoms with van der Waals surface area (Å²) >= 11 is 0. The minimum atomic E-state index is -1.93. The van der Waals surface area contributed by atoms with Gasteiger partial charge >= 0.3 is 23.9 Å². The number of aliphatic carboxylic acids is 1. The van der Waals surface area contributed by atoms with Gasteiger partial charge in [-0.25, -0.2) is 4.79 Å². The Kier molecular flexibility index (Phi) is 50.5. The summed E-state index contributed by atoms with van der Waals surface area (Å²) in [5.41, 5.74) is 0. The number of unbranched alkanes of at least 4 members (excludes halogenated alkanes) is 15. The molecule has 81 heavy (non-hydrogen) atoms. The summed E-state index contributed by atoms with van der Waals surface area (Å²) in [5, 5.41) is 31.6. The summed E-state index contributed by atoms with van der Waals surface area (Å²) in [5.74, 6) is -3.23. The van der Waals surface area contributed by atoms with Crippen LogP contribution in [-0.4, -0.2) is 89.2 Å². The molecule has 0 aliphatic carbocycles. The van der Waals surface area contributed by atoms with E-state index in [9.17, 15) is 34.5 Å². The molecule has 0 amide bonds. The highest BCUT2D eigenvalue weighted by atomic mass is 16.7. The zero-order valence-corrected chi connectivity index (χ0v) is 50.2. The maximum atomic E-state index is 13.2. The van der Waals surface area contributed by atoms with Gasteiger partial charge in [0.25, 0.3) is 0 Å². The Hall–Kier alpha value is -5.14. The maximum absolute atomic E-state index is 13.2. The van der Waals surface area contributed by atoms with Gasteiger partial charge in [0.2, 0.25) is 0 Å². The summed E-state index contributed by atoms with van der Waals surface area (Å²) in [6.07, 6.45) is 65.5. The zero-order chi connectivity index (χ0) is 58.9. The van der Waals surface area contributed by atoms with Gasteiger partial charge < -0.3 is 39.0 Å². The Morgan fingerprint density at radius 2 is 0.778 bits per heavy atom. The lowest BCUT2D eigenvalue weighted by Gasteiger charge is -2.40. The second kappa shape index (κ2) is 55.4. The lowest BCUT2D eigenvalue weighted by atomic mass is 9.98. The van der Waals surface area contributed by atoms with Crippen molar-refractivity contribution in [3.63, 3.8) is 0 Å². The molecular formula is C69H108O12. The van der Waals surface area contributed by atoms with Crippen molar-refractivity contribution in [2.45, 2.75) is 263 Å². The van der Waals surface area contributed by atoms with Gasteiger partial charge in [-0.1, -0.05) is 206 Å². The average Bonchev–Trinajstić information content (AvgIpc) is 3.53. The van der Waals surface area contributed by atoms with E-state index in [1.807, 2.05) is 0 Å². The molecule has 0 aromatic carbocycles. The van der Waals surface area contributed by atoms with Gasteiger partial charge in [0, 0.05) is 19.3 Å². The standard InChI is InChI=1S/C69H108O12/c1-4-7-10-13-16-19-22-25-28-30-31-33-35-37-40-43-46-49-52-55-61(70)77-58-60(79-62(71)56-53-50-47-44-41-38-34-27-24-21-18-15-12-9-6-3)59-78-69-67(65(74)64(73)66(81-69)68(75)76)80-63(72)57-54-51-48-45-42-39-36-32-29-26-23-20-17-14-11-8-5-2/h7-8,10-11,16-21,25-29,31,33-34,36-37,39-40,60,64-67,69,73-74H,4-6,9,12-15,22-24,30,32,35,38,41-59H2,1-3H3,(H,75,76)/b10-7-,11-8-,19-16-,20-17-,21-18-,28-25-,29-26-,33-31-,34-27-,39-36-,40-37-. The molecule has 0 saturated carbocycles. The highest BCUT2D eigenvalue weighted by molar-refractivity contribution is 5.74. The van der Waals surface area contributed by atoms with Crippen molar-refractivity contribution in [3.8, 4) is 0 Å². The van der Waals surface area contributed by atoms with E-state index in [4.69, 9.17) is 23.7 Å². The third-order valence-electron chi connectivity index (χ3n) is 13.2. The van der Waals surface area contributed by atoms with Crippen LogP contribution < -0.4 is 0 Å². The molecule has 456 valence electrons. The number of carbonyl (C=O) groups excluding carboxylic acids is 3. The predicted octanol–water partition coefficient (Wildman–Crippen LogP) is 16.6. The second-order valence-corrected chi connectivity index (χ2v) is 20.6. The molecule has 12 heteroatoms. The van der Waals surface area contributed by atoms with Crippen LogP contribution in [0.4, 0.5) is 0 Å². The van der Waals surface area contributed by atoms with E-state index in [0.717, 1.165) is 148 Å². The Balaban J connectivity index is 2.73. The molecule has 0 bridgehead atoms.